The van der Waals surface area contributed by atoms with Gasteiger partial charge in [0.1, 0.15) is 5.75 Å². The van der Waals surface area contributed by atoms with Crippen LogP contribution in [0.3, 0.4) is 0 Å². The molecule has 0 unspecified atom stereocenters. The van der Waals surface area contributed by atoms with Crippen LogP contribution in [0.15, 0.2) is 47.4 Å². The number of amides is 1. The van der Waals surface area contributed by atoms with Crippen molar-refractivity contribution in [2.45, 2.75) is 17.7 Å². The van der Waals surface area contributed by atoms with Crippen molar-refractivity contribution in [1.29, 1.82) is 0 Å². The highest BCUT2D eigenvalue weighted by Gasteiger charge is 2.28. The highest BCUT2D eigenvalue weighted by Crippen LogP contribution is 2.26. The van der Waals surface area contributed by atoms with Crippen molar-refractivity contribution in [2.75, 3.05) is 25.5 Å². The molecule has 3 rings (SSSR count). The number of esters is 1. The van der Waals surface area contributed by atoms with Gasteiger partial charge in [0.05, 0.1) is 23.1 Å². The normalized spacial score (nSPS) is 14.6. The van der Waals surface area contributed by atoms with Gasteiger partial charge in [0, 0.05) is 18.8 Å². The standard InChI is InChI=1S/C19H20N2O6S/c1-27-19(24)13-4-6-14(7-5-13)20-18(23)16-12-15(8-9-17(16)22)28(25,26)21-10-2-3-11-21/h4-9,12,22H,2-3,10-11H2,1H3,(H,20,23). The molecule has 1 aliphatic heterocycles. The molecule has 148 valence electrons. The Balaban J connectivity index is 1.82. The lowest BCUT2D eigenvalue weighted by Crippen LogP contribution is -2.28. The molecule has 0 spiro atoms. The van der Waals surface area contributed by atoms with Gasteiger partial charge in [0.2, 0.25) is 10.0 Å². The van der Waals surface area contributed by atoms with Crippen LogP contribution in [0.1, 0.15) is 33.6 Å². The van der Waals surface area contributed by atoms with Crippen LogP contribution < -0.4 is 5.32 Å². The molecular formula is C19H20N2O6S. The third-order valence-corrected chi connectivity index (χ3v) is 6.37. The molecule has 8 nitrogen and oxygen atoms in total. The number of nitrogens with zero attached hydrogens (tertiary/aromatic N) is 1. The number of anilines is 1. The first-order valence-electron chi connectivity index (χ1n) is 8.66. The fourth-order valence-corrected chi connectivity index (χ4v) is 4.48. The minimum absolute atomic E-state index is 0.0432. The number of nitrogens with one attached hydrogen (secondary N) is 1. The van der Waals surface area contributed by atoms with E-state index in [1.54, 1.807) is 0 Å². The van der Waals surface area contributed by atoms with Gasteiger partial charge in [-0.1, -0.05) is 0 Å². The SMILES string of the molecule is COC(=O)c1ccc(NC(=O)c2cc(S(=O)(=O)N3CCCC3)ccc2O)cc1. The van der Waals surface area contributed by atoms with E-state index in [9.17, 15) is 23.1 Å². The Morgan fingerprint density at radius 2 is 1.71 bits per heavy atom. The highest BCUT2D eigenvalue weighted by molar-refractivity contribution is 7.89. The van der Waals surface area contributed by atoms with Gasteiger partial charge in [-0.05, 0) is 55.3 Å². The second-order valence-corrected chi connectivity index (χ2v) is 8.25. The Hall–Kier alpha value is -2.91. The Kier molecular flexibility index (Phi) is 5.66. The van der Waals surface area contributed by atoms with Gasteiger partial charge >= 0.3 is 5.97 Å². The lowest BCUT2D eigenvalue weighted by atomic mass is 10.1. The van der Waals surface area contributed by atoms with E-state index in [-0.39, 0.29) is 16.2 Å². The molecule has 1 fully saturated rings. The summed E-state index contributed by atoms with van der Waals surface area (Å²) in [5.74, 6) is -1.50. The molecule has 0 atom stereocenters. The minimum Gasteiger partial charge on any atom is -0.507 e. The van der Waals surface area contributed by atoms with Crippen LogP contribution in [0.5, 0.6) is 5.75 Å². The second-order valence-electron chi connectivity index (χ2n) is 6.31. The summed E-state index contributed by atoms with van der Waals surface area (Å²) in [5.41, 5.74) is 0.546. The Labute approximate surface area is 162 Å². The van der Waals surface area contributed by atoms with Crippen LogP contribution in [0.4, 0.5) is 5.69 Å². The summed E-state index contributed by atoms with van der Waals surface area (Å²) in [5, 5.41) is 12.6. The molecule has 2 aromatic rings. The van der Waals surface area contributed by atoms with E-state index >= 15 is 0 Å². The monoisotopic (exact) mass is 404 g/mol. The summed E-state index contributed by atoms with van der Waals surface area (Å²) in [6, 6.07) is 9.62. The first kappa shape index (κ1) is 19.8. The van der Waals surface area contributed by atoms with Gasteiger partial charge in [-0.2, -0.15) is 4.31 Å². The number of sulfonamides is 1. The zero-order chi connectivity index (χ0) is 20.3. The Morgan fingerprint density at radius 3 is 2.32 bits per heavy atom. The number of phenolic OH excluding ortho intramolecular Hbond substituents is 1. The van der Waals surface area contributed by atoms with Gasteiger partial charge in [-0.15, -0.1) is 0 Å². The second kappa shape index (κ2) is 7.99. The molecule has 0 saturated carbocycles. The molecule has 2 N–H and O–H groups in total. The van der Waals surface area contributed by atoms with E-state index in [2.05, 4.69) is 10.1 Å². The molecule has 9 heteroatoms. The van der Waals surface area contributed by atoms with Gasteiger partial charge in [-0.25, -0.2) is 13.2 Å². The predicted octanol–water partition coefficient (Wildman–Crippen LogP) is 2.22. The van der Waals surface area contributed by atoms with Crippen LogP contribution >= 0.6 is 0 Å². The molecular weight excluding hydrogens is 384 g/mol. The van der Waals surface area contributed by atoms with Gasteiger partial charge in [-0.3, -0.25) is 4.79 Å². The van der Waals surface area contributed by atoms with E-state index in [1.807, 2.05) is 0 Å². The third kappa shape index (κ3) is 4.00. The van der Waals surface area contributed by atoms with Crippen molar-refractivity contribution in [2.24, 2.45) is 0 Å². The lowest BCUT2D eigenvalue weighted by molar-refractivity contribution is 0.0600. The molecule has 28 heavy (non-hydrogen) atoms. The Morgan fingerprint density at radius 1 is 1.07 bits per heavy atom. The molecule has 1 heterocycles. The summed E-state index contributed by atoms with van der Waals surface area (Å²) in [6.07, 6.45) is 1.60. The number of aromatic hydroxyl groups is 1. The van der Waals surface area contributed by atoms with Crippen LogP contribution in [0.25, 0.3) is 0 Å². The summed E-state index contributed by atoms with van der Waals surface area (Å²) in [7, 11) is -2.44. The fraction of sp³-hybridized carbons (Fsp3) is 0.263. The zero-order valence-corrected chi connectivity index (χ0v) is 16.0. The zero-order valence-electron chi connectivity index (χ0n) is 15.2. The average Bonchev–Trinajstić information content (AvgIpc) is 3.24. The molecule has 1 saturated heterocycles. The number of hydrogen-bond acceptors (Lipinski definition) is 6. The summed E-state index contributed by atoms with van der Waals surface area (Å²) >= 11 is 0. The number of rotatable bonds is 5. The summed E-state index contributed by atoms with van der Waals surface area (Å²) in [6.45, 7) is 0.883. The summed E-state index contributed by atoms with van der Waals surface area (Å²) < 4.78 is 31.3. The van der Waals surface area contributed by atoms with Crippen molar-refractivity contribution in [3.8, 4) is 5.75 Å². The Bertz CT molecular complexity index is 996. The van der Waals surface area contributed by atoms with Crippen molar-refractivity contribution >= 4 is 27.6 Å². The van der Waals surface area contributed by atoms with Crippen LogP contribution in [0, 0.1) is 0 Å². The number of benzene rings is 2. The first-order chi connectivity index (χ1) is 13.3. The number of methoxy groups -OCH3 is 1. The summed E-state index contributed by atoms with van der Waals surface area (Å²) in [4.78, 5) is 23.9. The van der Waals surface area contributed by atoms with Gasteiger partial charge in [0.15, 0.2) is 0 Å². The first-order valence-corrected chi connectivity index (χ1v) is 10.1. The molecule has 2 aromatic carbocycles. The molecule has 1 amide bonds. The molecule has 0 aromatic heterocycles. The number of carbonyl (C=O) groups is 2. The maximum Gasteiger partial charge on any atom is 0.337 e. The largest absolute Gasteiger partial charge is 0.507 e. The van der Waals surface area contributed by atoms with Crippen LogP contribution in [-0.2, 0) is 14.8 Å². The lowest BCUT2D eigenvalue weighted by Gasteiger charge is -2.16. The number of hydrogen-bond donors (Lipinski definition) is 2. The smallest absolute Gasteiger partial charge is 0.337 e. The molecule has 1 aliphatic rings. The van der Waals surface area contributed by atoms with Crippen molar-refractivity contribution in [3.63, 3.8) is 0 Å². The van der Waals surface area contributed by atoms with Crippen LogP contribution in [-0.4, -0.2) is 49.9 Å². The van der Waals surface area contributed by atoms with Crippen LogP contribution in [0.2, 0.25) is 0 Å². The van der Waals surface area contributed by atoms with E-state index in [0.29, 0.717) is 24.3 Å². The van der Waals surface area contributed by atoms with E-state index < -0.39 is 21.9 Å². The van der Waals surface area contributed by atoms with E-state index in [1.165, 1.54) is 53.9 Å². The van der Waals surface area contributed by atoms with E-state index in [0.717, 1.165) is 12.8 Å². The maximum atomic E-state index is 12.7. The van der Waals surface area contributed by atoms with Gasteiger partial charge in [0.25, 0.3) is 5.91 Å². The average molecular weight is 404 g/mol. The highest BCUT2D eigenvalue weighted by atomic mass is 32.2. The minimum atomic E-state index is -3.71. The molecule has 0 aliphatic carbocycles. The fourth-order valence-electron chi connectivity index (χ4n) is 2.94. The molecule has 0 bridgehead atoms. The number of phenols is 1. The predicted molar refractivity (Wildman–Crippen MR) is 102 cm³/mol. The third-order valence-electron chi connectivity index (χ3n) is 4.48. The maximum absolute atomic E-state index is 12.7. The van der Waals surface area contributed by atoms with E-state index in [4.69, 9.17) is 0 Å². The van der Waals surface area contributed by atoms with Crippen molar-refractivity contribution in [3.05, 3.63) is 53.6 Å². The van der Waals surface area contributed by atoms with Crippen molar-refractivity contribution in [1.82, 2.24) is 4.31 Å². The number of carbonyl (C=O) groups excluding carboxylic acids is 2. The van der Waals surface area contributed by atoms with Gasteiger partial charge < -0.3 is 15.2 Å². The molecule has 0 radical (unpaired) electrons. The quantitative estimate of drug-likeness (QED) is 0.739. The van der Waals surface area contributed by atoms with Crippen molar-refractivity contribution < 1.29 is 27.9 Å². The topological polar surface area (TPSA) is 113 Å². The number of ether oxygens (including phenoxy) is 1.